The van der Waals surface area contributed by atoms with Gasteiger partial charge in [0.15, 0.2) is 0 Å². The van der Waals surface area contributed by atoms with Crippen LogP contribution in [-0.4, -0.2) is 47.4 Å². The molecule has 1 aromatic rings. The fourth-order valence-electron chi connectivity index (χ4n) is 3.31. The number of hydrogen-bond acceptors (Lipinski definition) is 3. The highest BCUT2D eigenvalue weighted by Gasteiger charge is 2.37. The maximum atomic E-state index is 4.45. The zero-order valence-corrected chi connectivity index (χ0v) is 13.6. The molecule has 0 bridgehead atoms. The molecule has 0 saturated heterocycles. The summed E-state index contributed by atoms with van der Waals surface area (Å²) in [5, 5.41) is 7.98. The third-order valence-corrected chi connectivity index (χ3v) is 4.62. The van der Waals surface area contributed by atoms with Crippen molar-refractivity contribution in [3.05, 3.63) is 17.5 Å². The number of likely N-dealkylation sites (N-methyl/N-ethyl adjacent to an activating group) is 2. The first-order valence-corrected chi connectivity index (χ1v) is 7.25. The quantitative estimate of drug-likeness (QED) is 0.819. The zero-order chi connectivity index (χ0) is 14.6. The lowest BCUT2D eigenvalue weighted by Gasteiger charge is -2.45. The second-order valence-electron chi connectivity index (χ2n) is 5.65. The molecule has 1 N–H and O–H groups in total. The summed E-state index contributed by atoms with van der Waals surface area (Å²) in [6.45, 7) is 6.61. The largest absolute Gasteiger partial charge is 0.315 e. The summed E-state index contributed by atoms with van der Waals surface area (Å²) in [6.07, 6.45) is 3.28. The third-order valence-electron chi connectivity index (χ3n) is 4.62. The minimum Gasteiger partial charge on any atom is -0.315 e. The van der Waals surface area contributed by atoms with Crippen LogP contribution >= 0.6 is 0 Å². The van der Waals surface area contributed by atoms with E-state index >= 15 is 0 Å². The lowest BCUT2D eigenvalue weighted by molar-refractivity contribution is 0.0909. The molecule has 0 aliphatic heterocycles. The lowest BCUT2D eigenvalue weighted by atomic mass is 9.81. The van der Waals surface area contributed by atoms with Gasteiger partial charge in [0.25, 0.3) is 0 Å². The Morgan fingerprint density at radius 3 is 2.26 bits per heavy atom. The molecular formula is C15H30N4. The van der Waals surface area contributed by atoms with Crippen LogP contribution in [-0.2, 0) is 13.5 Å². The Morgan fingerprint density at radius 2 is 1.95 bits per heavy atom. The summed E-state index contributed by atoms with van der Waals surface area (Å²) in [6, 6.07) is 2.61. The Kier molecular flexibility index (Phi) is 5.56. The highest BCUT2D eigenvalue weighted by Crippen LogP contribution is 2.28. The number of rotatable bonds is 7. The van der Waals surface area contributed by atoms with Crippen LogP contribution in [0.15, 0.2) is 6.07 Å². The van der Waals surface area contributed by atoms with E-state index in [0.717, 1.165) is 25.0 Å². The van der Waals surface area contributed by atoms with Gasteiger partial charge in [-0.2, -0.15) is 5.10 Å². The number of aryl methyl sites for hydroxylation is 2. The highest BCUT2D eigenvalue weighted by molar-refractivity contribution is 5.13. The molecule has 0 aliphatic rings. The summed E-state index contributed by atoms with van der Waals surface area (Å²) in [5.74, 6) is 0. The Labute approximate surface area is 118 Å². The standard InChI is InChI=1S/C15H30N4/c1-8-15(9-2,18(5)6)14(16-4)11-13-10-12(3)17-19(13)7/h10,14,16H,8-9,11H2,1-7H3. The monoisotopic (exact) mass is 266 g/mol. The van der Waals surface area contributed by atoms with E-state index in [0.29, 0.717) is 6.04 Å². The number of nitrogens with one attached hydrogen (secondary N) is 1. The molecule has 0 aromatic carbocycles. The molecule has 1 unspecified atom stereocenters. The van der Waals surface area contributed by atoms with Crippen molar-refractivity contribution in [2.24, 2.45) is 7.05 Å². The van der Waals surface area contributed by atoms with Gasteiger partial charge >= 0.3 is 0 Å². The second kappa shape index (κ2) is 6.53. The van der Waals surface area contributed by atoms with Gasteiger partial charge in [0.2, 0.25) is 0 Å². The summed E-state index contributed by atoms with van der Waals surface area (Å²) in [5.41, 5.74) is 2.58. The molecule has 0 fully saturated rings. The van der Waals surface area contributed by atoms with Crippen LogP contribution in [0, 0.1) is 6.92 Å². The van der Waals surface area contributed by atoms with Crippen LogP contribution in [0.3, 0.4) is 0 Å². The molecule has 0 spiro atoms. The van der Waals surface area contributed by atoms with Crippen LogP contribution < -0.4 is 5.32 Å². The molecule has 4 heteroatoms. The average Bonchev–Trinajstić information content (AvgIpc) is 2.68. The van der Waals surface area contributed by atoms with E-state index in [1.165, 1.54) is 5.69 Å². The molecule has 0 radical (unpaired) electrons. The first kappa shape index (κ1) is 16.2. The third kappa shape index (κ3) is 3.18. The summed E-state index contributed by atoms with van der Waals surface area (Å²) >= 11 is 0. The van der Waals surface area contributed by atoms with Gasteiger partial charge in [0.05, 0.1) is 5.69 Å². The van der Waals surface area contributed by atoms with Gasteiger partial charge in [-0.1, -0.05) is 13.8 Å². The number of aromatic nitrogens is 2. The van der Waals surface area contributed by atoms with E-state index in [1.807, 2.05) is 11.7 Å². The SMILES string of the molecule is CCC(CC)(C(Cc1cc(C)nn1C)NC)N(C)C. The molecule has 0 saturated carbocycles. The van der Waals surface area contributed by atoms with Gasteiger partial charge in [-0.15, -0.1) is 0 Å². The number of nitrogens with zero attached hydrogens (tertiary/aromatic N) is 3. The smallest absolute Gasteiger partial charge is 0.0596 e. The Bertz CT molecular complexity index is 391. The van der Waals surface area contributed by atoms with Crippen LogP contribution in [0.4, 0.5) is 0 Å². The van der Waals surface area contributed by atoms with E-state index in [4.69, 9.17) is 0 Å². The Morgan fingerprint density at radius 1 is 1.37 bits per heavy atom. The topological polar surface area (TPSA) is 33.1 Å². The maximum Gasteiger partial charge on any atom is 0.0596 e. The Hall–Kier alpha value is -0.870. The average molecular weight is 266 g/mol. The van der Waals surface area contributed by atoms with E-state index < -0.39 is 0 Å². The summed E-state index contributed by atoms with van der Waals surface area (Å²) in [7, 11) is 8.47. The molecule has 1 rings (SSSR count). The fourth-order valence-corrected chi connectivity index (χ4v) is 3.31. The van der Waals surface area contributed by atoms with E-state index in [9.17, 15) is 0 Å². The van der Waals surface area contributed by atoms with Gasteiger partial charge in [-0.25, -0.2) is 0 Å². The van der Waals surface area contributed by atoms with Crippen molar-refractivity contribution in [2.45, 2.75) is 51.6 Å². The first-order chi connectivity index (χ1) is 8.91. The number of hydrogen-bond donors (Lipinski definition) is 1. The van der Waals surface area contributed by atoms with Gasteiger partial charge in [0.1, 0.15) is 0 Å². The molecule has 19 heavy (non-hydrogen) atoms. The maximum absolute atomic E-state index is 4.45. The van der Waals surface area contributed by atoms with E-state index in [-0.39, 0.29) is 5.54 Å². The van der Waals surface area contributed by atoms with E-state index in [2.05, 4.69) is 63.3 Å². The van der Waals surface area contributed by atoms with Crippen molar-refractivity contribution < 1.29 is 0 Å². The van der Waals surface area contributed by atoms with Crippen molar-refractivity contribution in [1.82, 2.24) is 20.0 Å². The van der Waals surface area contributed by atoms with Crippen LogP contribution in [0.5, 0.6) is 0 Å². The summed E-state index contributed by atoms with van der Waals surface area (Å²) in [4.78, 5) is 2.37. The molecule has 0 amide bonds. The van der Waals surface area contributed by atoms with Gasteiger partial charge in [0, 0.05) is 30.7 Å². The first-order valence-electron chi connectivity index (χ1n) is 7.25. The van der Waals surface area contributed by atoms with Gasteiger partial charge in [-0.05, 0) is 47.0 Å². The minimum atomic E-state index is 0.187. The predicted molar refractivity (Wildman–Crippen MR) is 81.5 cm³/mol. The molecular weight excluding hydrogens is 236 g/mol. The van der Waals surface area contributed by atoms with Crippen molar-refractivity contribution in [3.8, 4) is 0 Å². The predicted octanol–water partition coefficient (Wildman–Crippen LogP) is 1.98. The molecule has 4 nitrogen and oxygen atoms in total. The normalized spacial score (nSPS) is 14.1. The van der Waals surface area contributed by atoms with Crippen molar-refractivity contribution in [2.75, 3.05) is 21.1 Å². The molecule has 0 aliphatic carbocycles. The molecule has 1 heterocycles. The lowest BCUT2D eigenvalue weighted by Crippen LogP contribution is -2.58. The van der Waals surface area contributed by atoms with Gasteiger partial charge in [-0.3, -0.25) is 4.68 Å². The second-order valence-corrected chi connectivity index (χ2v) is 5.65. The molecule has 1 atom stereocenters. The fraction of sp³-hybridized carbons (Fsp3) is 0.800. The highest BCUT2D eigenvalue weighted by atomic mass is 15.3. The van der Waals surface area contributed by atoms with Crippen LogP contribution in [0.1, 0.15) is 38.1 Å². The van der Waals surface area contributed by atoms with Crippen molar-refractivity contribution >= 4 is 0 Å². The zero-order valence-electron chi connectivity index (χ0n) is 13.6. The van der Waals surface area contributed by atoms with E-state index in [1.54, 1.807) is 0 Å². The Balaban J connectivity index is 3.02. The van der Waals surface area contributed by atoms with Crippen molar-refractivity contribution in [1.29, 1.82) is 0 Å². The van der Waals surface area contributed by atoms with Crippen LogP contribution in [0.2, 0.25) is 0 Å². The van der Waals surface area contributed by atoms with Gasteiger partial charge < -0.3 is 10.2 Å². The summed E-state index contributed by atoms with van der Waals surface area (Å²) < 4.78 is 2.01. The van der Waals surface area contributed by atoms with Crippen LogP contribution in [0.25, 0.3) is 0 Å². The minimum absolute atomic E-state index is 0.187. The molecule has 110 valence electrons. The molecule has 1 aromatic heterocycles. The van der Waals surface area contributed by atoms with Crippen molar-refractivity contribution in [3.63, 3.8) is 0 Å².